The molecular formula is C22H25ClN4O7. The number of methoxy groups -OCH3 is 2. The second-order valence-corrected chi connectivity index (χ2v) is 7.79. The normalized spacial score (nSPS) is 13.9. The SMILES string of the molecule is COc1ccc(CCN(C)CCCN(Cl)c2cnn3c(=O)c2OC(=O)/C=C/C(=O)O3)cc1OC. The molecule has 11 nitrogen and oxygen atoms in total. The molecule has 1 aromatic heterocycles. The van der Waals surface area contributed by atoms with Crippen LogP contribution in [0.25, 0.3) is 0 Å². The lowest BCUT2D eigenvalue weighted by Gasteiger charge is -2.21. The Labute approximate surface area is 201 Å². The first-order valence-corrected chi connectivity index (χ1v) is 10.7. The van der Waals surface area contributed by atoms with Gasteiger partial charge < -0.3 is 23.9 Å². The summed E-state index contributed by atoms with van der Waals surface area (Å²) in [4.78, 5) is 43.2. The number of fused-ring (bicyclic) bond motifs is 2. The van der Waals surface area contributed by atoms with Gasteiger partial charge in [0, 0.05) is 37.0 Å². The summed E-state index contributed by atoms with van der Waals surface area (Å²) in [6, 6.07) is 5.83. The fourth-order valence-corrected chi connectivity index (χ4v) is 3.44. The van der Waals surface area contributed by atoms with E-state index in [-0.39, 0.29) is 11.4 Å². The number of halogens is 1. The van der Waals surface area contributed by atoms with Crippen molar-refractivity contribution in [1.82, 2.24) is 14.8 Å². The Kier molecular flexibility index (Phi) is 8.50. The summed E-state index contributed by atoms with van der Waals surface area (Å²) in [5.41, 5.74) is 0.296. The van der Waals surface area contributed by atoms with E-state index >= 15 is 0 Å². The van der Waals surface area contributed by atoms with Crippen molar-refractivity contribution in [3.63, 3.8) is 0 Å². The summed E-state index contributed by atoms with van der Waals surface area (Å²) in [6.07, 6.45) is 4.35. The van der Waals surface area contributed by atoms with Gasteiger partial charge >= 0.3 is 17.5 Å². The number of hydrogen-bond donors (Lipinski definition) is 0. The number of carbonyl (C=O) groups is 2. The van der Waals surface area contributed by atoms with Crippen molar-refractivity contribution >= 4 is 29.4 Å². The van der Waals surface area contributed by atoms with E-state index in [2.05, 4.69) is 10.00 Å². The molecule has 0 spiro atoms. The zero-order valence-corrected chi connectivity index (χ0v) is 19.8. The van der Waals surface area contributed by atoms with Crippen LogP contribution in [-0.2, 0) is 16.0 Å². The summed E-state index contributed by atoms with van der Waals surface area (Å²) in [7, 11) is 5.19. The predicted octanol–water partition coefficient (Wildman–Crippen LogP) is 1.22. The molecule has 12 heteroatoms. The quantitative estimate of drug-likeness (QED) is 0.354. The molecule has 182 valence electrons. The van der Waals surface area contributed by atoms with Gasteiger partial charge in [-0.25, -0.2) is 9.59 Å². The summed E-state index contributed by atoms with van der Waals surface area (Å²) in [6.45, 7) is 1.86. The lowest BCUT2D eigenvalue weighted by Crippen LogP contribution is -2.34. The van der Waals surface area contributed by atoms with Gasteiger partial charge in [0.25, 0.3) is 0 Å². The molecular weight excluding hydrogens is 468 g/mol. The highest BCUT2D eigenvalue weighted by atomic mass is 35.5. The molecule has 0 unspecified atom stereocenters. The van der Waals surface area contributed by atoms with Gasteiger partial charge in [-0.3, -0.25) is 9.21 Å². The van der Waals surface area contributed by atoms with Crippen molar-refractivity contribution in [3.8, 4) is 17.2 Å². The van der Waals surface area contributed by atoms with Crippen LogP contribution in [0.5, 0.6) is 17.2 Å². The monoisotopic (exact) mass is 492 g/mol. The van der Waals surface area contributed by atoms with Crippen LogP contribution < -0.4 is 29.0 Å². The number of nitrogens with zero attached hydrogens (tertiary/aromatic N) is 4. The first-order chi connectivity index (χ1) is 16.3. The highest BCUT2D eigenvalue weighted by molar-refractivity contribution is 6.26. The zero-order valence-electron chi connectivity index (χ0n) is 19.0. The van der Waals surface area contributed by atoms with Crippen LogP contribution in [0.3, 0.4) is 0 Å². The number of likely N-dealkylation sites (N-methyl/N-ethyl adjacent to an activating group) is 1. The third kappa shape index (κ3) is 6.27. The third-order valence-electron chi connectivity index (χ3n) is 5.01. The first-order valence-electron chi connectivity index (χ1n) is 10.4. The molecule has 3 rings (SSSR count). The molecule has 0 aliphatic carbocycles. The minimum Gasteiger partial charge on any atom is -0.493 e. The largest absolute Gasteiger partial charge is 0.493 e. The van der Waals surface area contributed by atoms with E-state index in [1.165, 1.54) is 10.6 Å². The summed E-state index contributed by atoms with van der Waals surface area (Å²) < 4.78 is 16.9. The smallest absolute Gasteiger partial charge is 0.358 e. The number of benzene rings is 1. The van der Waals surface area contributed by atoms with Crippen LogP contribution in [0, 0.1) is 0 Å². The zero-order chi connectivity index (χ0) is 24.7. The lowest BCUT2D eigenvalue weighted by atomic mass is 10.1. The molecule has 0 atom stereocenters. The molecule has 0 fully saturated rings. The molecule has 34 heavy (non-hydrogen) atoms. The second kappa shape index (κ2) is 11.5. The number of anilines is 1. The number of ether oxygens (including phenoxy) is 3. The molecule has 2 aromatic rings. The first kappa shape index (κ1) is 25.1. The van der Waals surface area contributed by atoms with Crippen LogP contribution in [0.2, 0.25) is 0 Å². The molecule has 0 amide bonds. The van der Waals surface area contributed by atoms with Crippen molar-refractivity contribution in [2.75, 3.05) is 45.3 Å². The van der Waals surface area contributed by atoms with Gasteiger partial charge in [0.1, 0.15) is 5.69 Å². The number of carbonyl (C=O) groups excluding carboxylic acids is 2. The van der Waals surface area contributed by atoms with Gasteiger partial charge in [-0.05, 0) is 49.0 Å². The Morgan fingerprint density at radius 1 is 1.03 bits per heavy atom. The summed E-state index contributed by atoms with van der Waals surface area (Å²) in [5.74, 6) is -0.852. The topological polar surface area (TPSA) is 112 Å². The maximum atomic E-state index is 12.5. The average molecular weight is 493 g/mol. The van der Waals surface area contributed by atoms with Crippen LogP contribution in [0.15, 0.2) is 41.3 Å². The number of rotatable bonds is 10. The Balaban J connectivity index is 1.56. The van der Waals surface area contributed by atoms with E-state index in [1.807, 2.05) is 25.2 Å². The fraction of sp³-hybridized carbons (Fsp3) is 0.364. The van der Waals surface area contributed by atoms with E-state index in [9.17, 15) is 14.4 Å². The van der Waals surface area contributed by atoms with Crippen molar-refractivity contribution in [1.29, 1.82) is 0 Å². The second-order valence-electron chi connectivity index (χ2n) is 7.38. The standard InChI is InChI=1S/C22H25ClN4O7/c1-25(12-9-15-5-6-17(31-2)18(13-15)32-3)10-4-11-26(23)16-14-24-27-22(30)21(16)33-19(28)7-8-20(29)34-27/h5-8,13-14H,4,9-12H2,1-3H3/b8-7+. The van der Waals surface area contributed by atoms with E-state index in [1.54, 1.807) is 14.2 Å². The van der Waals surface area contributed by atoms with Crippen molar-refractivity contribution < 1.29 is 28.6 Å². The molecule has 2 heterocycles. The van der Waals surface area contributed by atoms with Crippen LogP contribution >= 0.6 is 11.8 Å². The maximum absolute atomic E-state index is 12.5. The number of esters is 1. The van der Waals surface area contributed by atoms with Gasteiger partial charge in [0.2, 0.25) is 5.75 Å². The highest BCUT2D eigenvalue weighted by Crippen LogP contribution is 2.28. The van der Waals surface area contributed by atoms with Crippen LogP contribution in [0.4, 0.5) is 5.69 Å². The number of aromatic nitrogens is 2. The Hall–Kier alpha value is -3.57. The Morgan fingerprint density at radius 3 is 2.50 bits per heavy atom. The Bertz CT molecular complexity index is 1130. The van der Waals surface area contributed by atoms with Crippen molar-refractivity contribution in [2.24, 2.45) is 0 Å². The van der Waals surface area contributed by atoms with Crippen LogP contribution in [-0.4, -0.2) is 67.7 Å². The average Bonchev–Trinajstić information content (AvgIpc) is 2.85. The molecule has 0 N–H and O–H groups in total. The van der Waals surface area contributed by atoms with Gasteiger partial charge in [-0.2, -0.15) is 0 Å². The molecule has 1 aliphatic heterocycles. The van der Waals surface area contributed by atoms with Crippen LogP contribution in [0.1, 0.15) is 12.0 Å². The van der Waals surface area contributed by atoms with Gasteiger partial charge in [0.15, 0.2) is 11.5 Å². The van der Waals surface area contributed by atoms with E-state index in [4.69, 9.17) is 30.8 Å². The highest BCUT2D eigenvalue weighted by Gasteiger charge is 2.23. The molecule has 0 saturated heterocycles. The maximum Gasteiger partial charge on any atom is 0.358 e. The minimum absolute atomic E-state index is 0.0931. The van der Waals surface area contributed by atoms with Crippen molar-refractivity contribution in [3.05, 3.63) is 52.5 Å². The third-order valence-corrected chi connectivity index (χ3v) is 5.36. The molecule has 1 aromatic carbocycles. The fourth-order valence-electron chi connectivity index (χ4n) is 3.20. The number of hydrogen-bond acceptors (Lipinski definition) is 10. The van der Waals surface area contributed by atoms with Gasteiger partial charge in [-0.15, -0.1) is 5.10 Å². The molecule has 2 bridgehead atoms. The van der Waals surface area contributed by atoms with E-state index < -0.39 is 17.5 Å². The lowest BCUT2D eigenvalue weighted by molar-refractivity contribution is -0.140. The minimum atomic E-state index is -0.939. The summed E-state index contributed by atoms with van der Waals surface area (Å²) in [5, 5.41) is 3.76. The summed E-state index contributed by atoms with van der Waals surface area (Å²) >= 11 is 6.35. The Morgan fingerprint density at radius 2 is 1.76 bits per heavy atom. The van der Waals surface area contributed by atoms with E-state index in [0.29, 0.717) is 29.3 Å². The predicted molar refractivity (Wildman–Crippen MR) is 123 cm³/mol. The molecule has 1 aliphatic rings. The van der Waals surface area contributed by atoms with Crippen molar-refractivity contribution in [2.45, 2.75) is 12.8 Å². The van der Waals surface area contributed by atoms with Gasteiger partial charge in [0.05, 0.1) is 20.4 Å². The molecule has 0 saturated carbocycles. The van der Waals surface area contributed by atoms with Gasteiger partial charge in [-0.1, -0.05) is 6.07 Å². The molecule has 0 radical (unpaired) electrons. The van der Waals surface area contributed by atoms with E-state index in [0.717, 1.165) is 37.2 Å².